The third-order valence-electron chi connectivity index (χ3n) is 3.60. The lowest BCUT2D eigenvalue weighted by molar-refractivity contribution is 0.0498. The second kappa shape index (κ2) is 7.13. The highest BCUT2D eigenvalue weighted by Crippen LogP contribution is 2.21. The number of likely N-dealkylation sites (tertiary alicyclic amines) is 1. The molecule has 0 radical (unpaired) electrons. The number of hydrogen-bond donors (Lipinski definition) is 1. The van der Waals surface area contributed by atoms with Crippen molar-refractivity contribution in [2.24, 2.45) is 5.92 Å². The lowest BCUT2D eigenvalue weighted by Gasteiger charge is -2.32. The van der Waals surface area contributed by atoms with E-state index in [9.17, 15) is 4.79 Å². The molecule has 1 aliphatic heterocycles. The third kappa shape index (κ3) is 6.81. The van der Waals surface area contributed by atoms with E-state index in [4.69, 9.17) is 4.74 Å². The van der Waals surface area contributed by atoms with Crippen molar-refractivity contribution in [1.29, 1.82) is 0 Å². The molecule has 19 heavy (non-hydrogen) atoms. The summed E-state index contributed by atoms with van der Waals surface area (Å²) >= 11 is 0. The van der Waals surface area contributed by atoms with Gasteiger partial charge < -0.3 is 15.0 Å². The van der Waals surface area contributed by atoms with Gasteiger partial charge in [0.05, 0.1) is 0 Å². The van der Waals surface area contributed by atoms with Crippen LogP contribution in [-0.2, 0) is 4.74 Å². The molecule has 0 aliphatic carbocycles. The Morgan fingerprint density at radius 2 is 1.95 bits per heavy atom. The zero-order valence-corrected chi connectivity index (χ0v) is 13.2. The molecule has 1 fully saturated rings. The predicted molar refractivity (Wildman–Crippen MR) is 78.3 cm³/mol. The van der Waals surface area contributed by atoms with E-state index >= 15 is 0 Å². The minimum Gasteiger partial charge on any atom is -0.444 e. The van der Waals surface area contributed by atoms with Crippen LogP contribution in [-0.4, -0.2) is 42.3 Å². The summed E-state index contributed by atoms with van der Waals surface area (Å²) in [5.41, 5.74) is -0.420. The van der Waals surface area contributed by atoms with Crippen molar-refractivity contribution < 1.29 is 9.53 Å². The smallest absolute Gasteiger partial charge is 0.407 e. The van der Waals surface area contributed by atoms with E-state index in [0.717, 1.165) is 18.9 Å². The van der Waals surface area contributed by atoms with E-state index in [1.165, 1.54) is 25.9 Å². The number of carbonyl (C=O) groups excluding carboxylic acids is 1. The van der Waals surface area contributed by atoms with Crippen LogP contribution in [0, 0.1) is 5.92 Å². The summed E-state index contributed by atoms with van der Waals surface area (Å²) in [7, 11) is 0. The maximum Gasteiger partial charge on any atom is 0.407 e. The molecule has 0 bridgehead atoms. The van der Waals surface area contributed by atoms with Crippen LogP contribution in [0.4, 0.5) is 4.79 Å². The Balaban J connectivity index is 2.24. The van der Waals surface area contributed by atoms with Gasteiger partial charge in [0.2, 0.25) is 0 Å². The highest BCUT2D eigenvalue weighted by Gasteiger charge is 2.22. The molecule has 0 saturated carbocycles. The molecule has 1 N–H and O–H groups in total. The summed E-state index contributed by atoms with van der Waals surface area (Å²) in [6, 6.07) is 0.188. The molecule has 1 aliphatic rings. The van der Waals surface area contributed by atoms with Crippen LogP contribution < -0.4 is 5.32 Å². The number of amides is 1. The number of hydrogen-bond acceptors (Lipinski definition) is 3. The Bertz CT molecular complexity index is 278. The molecule has 1 saturated heterocycles. The summed E-state index contributed by atoms with van der Waals surface area (Å²) in [6.07, 6.45) is 3.24. The Labute approximate surface area is 117 Å². The Morgan fingerprint density at radius 1 is 1.37 bits per heavy atom. The van der Waals surface area contributed by atoms with Crippen molar-refractivity contribution >= 4 is 6.09 Å². The van der Waals surface area contributed by atoms with Crippen molar-refractivity contribution in [1.82, 2.24) is 10.2 Å². The van der Waals surface area contributed by atoms with Gasteiger partial charge >= 0.3 is 6.09 Å². The van der Waals surface area contributed by atoms with Gasteiger partial charge in [0.15, 0.2) is 0 Å². The van der Waals surface area contributed by atoms with Crippen molar-refractivity contribution in [3.63, 3.8) is 0 Å². The molecule has 1 unspecified atom stereocenters. The molecular weight excluding hydrogens is 240 g/mol. The molecule has 4 nitrogen and oxygen atoms in total. The fraction of sp³-hybridized carbons (Fsp3) is 0.933. The molecule has 4 heteroatoms. The number of nitrogens with zero attached hydrogens (tertiary/aromatic N) is 1. The summed E-state index contributed by atoms with van der Waals surface area (Å²) in [5.74, 6) is 0.729. The van der Waals surface area contributed by atoms with Gasteiger partial charge in [-0.05, 0) is 72.5 Å². The van der Waals surface area contributed by atoms with Crippen molar-refractivity contribution in [2.45, 2.75) is 65.5 Å². The molecule has 0 aromatic carbocycles. The molecule has 0 aromatic rings. The molecule has 1 rings (SSSR count). The fourth-order valence-corrected chi connectivity index (χ4v) is 2.61. The van der Waals surface area contributed by atoms with Crippen LogP contribution in [0.25, 0.3) is 0 Å². The predicted octanol–water partition coefficient (Wildman–Crippen LogP) is 3.02. The van der Waals surface area contributed by atoms with Gasteiger partial charge in [-0.3, -0.25) is 0 Å². The van der Waals surface area contributed by atoms with Crippen LogP contribution in [0.3, 0.4) is 0 Å². The third-order valence-corrected chi connectivity index (χ3v) is 3.60. The maximum atomic E-state index is 11.7. The van der Waals surface area contributed by atoms with Gasteiger partial charge in [-0.2, -0.15) is 0 Å². The molecule has 1 amide bonds. The fourth-order valence-electron chi connectivity index (χ4n) is 2.61. The van der Waals surface area contributed by atoms with Crippen LogP contribution in [0.1, 0.15) is 53.9 Å². The number of piperidine rings is 1. The molecular formula is C15H30N2O2. The summed E-state index contributed by atoms with van der Waals surface area (Å²) in [6.45, 7) is 13.5. The van der Waals surface area contributed by atoms with Crippen LogP contribution in [0.2, 0.25) is 0 Å². The van der Waals surface area contributed by atoms with Gasteiger partial charge in [0.1, 0.15) is 5.60 Å². The molecule has 0 spiro atoms. The van der Waals surface area contributed by atoms with Crippen molar-refractivity contribution in [3.8, 4) is 0 Å². The average Bonchev–Trinajstić information content (AvgIpc) is 2.27. The number of nitrogens with one attached hydrogen (secondary N) is 1. The van der Waals surface area contributed by atoms with Crippen LogP contribution in [0.15, 0.2) is 0 Å². The van der Waals surface area contributed by atoms with Crippen LogP contribution in [0.5, 0.6) is 0 Å². The molecule has 1 heterocycles. The average molecular weight is 270 g/mol. The van der Waals surface area contributed by atoms with Gasteiger partial charge in [-0.15, -0.1) is 0 Å². The molecule has 0 aromatic heterocycles. The van der Waals surface area contributed by atoms with E-state index in [0.29, 0.717) is 0 Å². The highest BCUT2D eigenvalue weighted by atomic mass is 16.6. The number of alkyl carbamates (subject to hydrolysis) is 1. The maximum absolute atomic E-state index is 11.7. The Kier molecular flexibility index (Phi) is 6.11. The second-order valence-corrected chi connectivity index (χ2v) is 6.66. The minimum absolute atomic E-state index is 0.188. The zero-order chi connectivity index (χ0) is 14.5. The molecule has 1 atom stereocenters. The first-order valence-corrected chi connectivity index (χ1v) is 7.52. The standard InChI is InChI=1S/C15H30N2O2/c1-6-17-9-7-13(8-10-17)11-12(2)16-14(18)19-15(3,4)5/h12-13H,6-11H2,1-5H3,(H,16,18). The second-order valence-electron chi connectivity index (χ2n) is 6.66. The van der Waals surface area contributed by atoms with E-state index in [2.05, 4.69) is 24.1 Å². The largest absolute Gasteiger partial charge is 0.444 e. The number of carbonyl (C=O) groups is 1. The normalized spacial score (nSPS) is 20.1. The first kappa shape index (κ1) is 16.3. The highest BCUT2D eigenvalue weighted by molar-refractivity contribution is 5.67. The van der Waals surface area contributed by atoms with Crippen molar-refractivity contribution in [2.75, 3.05) is 19.6 Å². The zero-order valence-electron chi connectivity index (χ0n) is 13.2. The number of rotatable bonds is 4. The Hall–Kier alpha value is -0.770. The van der Waals surface area contributed by atoms with Gasteiger partial charge in [0, 0.05) is 6.04 Å². The van der Waals surface area contributed by atoms with E-state index < -0.39 is 5.60 Å². The number of ether oxygens (including phenoxy) is 1. The lowest BCUT2D eigenvalue weighted by Crippen LogP contribution is -2.40. The lowest BCUT2D eigenvalue weighted by atomic mass is 9.91. The van der Waals surface area contributed by atoms with E-state index in [1.807, 2.05) is 20.8 Å². The summed E-state index contributed by atoms with van der Waals surface area (Å²) in [5, 5.41) is 2.93. The Morgan fingerprint density at radius 3 is 2.42 bits per heavy atom. The summed E-state index contributed by atoms with van der Waals surface area (Å²) in [4.78, 5) is 14.2. The van der Waals surface area contributed by atoms with Crippen LogP contribution >= 0.6 is 0 Å². The van der Waals surface area contributed by atoms with Crippen molar-refractivity contribution in [3.05, 3.63) is 0 Å². The first-order valence-electron chi connectivity index (χ1n) is 7.52. The minimum atomic E-state index is -0.420. The molecule has 112 valence electrons. The summed E-state index contributed by atoms with van der Waals surface area (Å²) < 4.78 is 5.27. The van der Waals surface area contributed by atoms with Gasteiger partial charge in [-0.1, -0.05) is 6.92 Å². The monoisotopic (exact) mass is 270 g/mol. The van der Waals surface area contributed by atoms with E-state index in [-0.39, 0.29) is 12.1 Å². The first-order chi connectivity index (χ1) is 8.80. The topological polar surface area (TPSA) is 41.6 Å². The SMILES string of the molecule is CCN1CCC(CC(C)NC(=O)OC(C)(C)C)CC1. The van der Waals surface area contributed by atoms with Gasteiger partial charge in [-0.25, -0.2) is 4.79 Å². The quantitative estimate of drug-likeness (QED) is 0.854. The van der Waals surface area contributed by atoms with E-state index in [1.54, 1.807) is 0 Å². The van der Waals surface area contributed by atoms with Gasteiger partial charge in [0.25, 0.3) is 0 Å².